The summed E-state index contributed by atoms with van der Waals surface area (Å²) in [6, 6.07) is 19.1. The van der Waals surface area contributed by atoms with Gasteiger partial charge in [-0.25, -0.2) is 9.97 Å². The van der Waals surface area contributed by atoms with E-state index in [0.29, 0.717) is 37.8 Å². The van der Waals surface area contributed by atoms with Crippen LogP contribution in [0.25, 0.3) is 5.57 Å². The van der Waals surface area contributed by atoms with Crippen molar-refractivity contribution in [3.05, 3.63) is 94.3 Å². The van der Waals surface area contributed by atoms with Gasteiger partial charge >= 0.3 is 0 Å². The van der Waals surface area contributed by atoms with E-state index in [2.05, 4.69) is 89.5 Å². The van der Waals surface area contributed by atoms with Gasteiger partial charge in [0.15, 0.2) is 0 Å². The molecule has 0 unspecified atom stereocenters. The van der Waals surface area contributed by atoms with Gasteiger partial charge in [0, 0.05) is 37.8 Å². The molecule has 2 heterocycles. The summed E-state index contributed by atoms with van der Waals surface area (Å²) in [5, 5.41) is 3.14. The maximum Gasteiger partial charge on any atom is 0.270 e. The number of piperazine rings is 1. The monoisotopic (exact) mass is 605 g/mol. The Kier molecular flexibility index (Phi) is 9.06. The van der Waals surface area contributed by atoms with Crippen LogP contribution >= 0.6 is 0 Å². The van der Waals surface area contributed by atoms with Crippen molar-refractivity contribution in [3.8, 4) is 0 Å². The molecule has 6 rings (SSSR count). The first kappa shape index (κ1) is 31.0. The van der Waals surface area contributed by atoms with Crippen LogP contribution in [0, 0.1) is 18.3 Å². The molecule has 7 heteroatoms. The molecule has 45 heavy (non-hydrogen) atoms. The summed E-state index contributed by atoms with van der Waals surface area (Å²) in [5.41, 5.74) is 7.96. The normalized spacial score (nSPS) is 20.0. The molecule has 0 spiro atoms. The van der Waals surface area contributed by atoms with E-state index >= 15 is 0 Å². The molecule has 2 aliphatic carbocycles. The molecule has 7 nitrogen and oxygen atoms in total. The number of allylic oxidation sites excluding steroid dienone is 1. The standard InChI is InChI=1S/C38H47N5O2/c1-5-28-8-12-31(13-9-28)34(30-10-6-26(2)7-11-30)32-16-14-29(15-17-32)27(3)40-35(44)33-18-21-39-37(41-33)43-24-22-42(23-25-43)36(45)38(4)19-20-38/h6-7,10-11,14-18,21,27-28H,5,8-9,12-13,19-20,22-25H2,1-4H3,(H,40,44)/t27-,28?/m1/s1. The number of hydrogen-bond acceptors (Lipinski definition) is 5. The molecule has 2 amide bonds. The minimum atomic E-state index is -0.221. The molecule has 1 saturated heterocycles. The van der Waals surface area contributed by atoms with Crippen LogP contribution in [0.2, 0.25) is 0 Å². The summed E-state index contributed by atoms with van der Waals surface area (Å²) in [4.78, 5) is 39.1. The fourth-order valence-corrected chi connectivity index (χ4v) is 6.79. The first-order chi connectivity index (χ1) is 21.7. The van der Waals surface area contributed by atoms with Crippen LogP contribution in [-0.4, -0.2) is 52.9 Å². The Balaban J connectivity index is 1.12. The zero-order valence-electron chi connectivity index (χ0n) is 27.3. The average molecular weight is 606 g/mol. The number of anilines is 1. The van der Waals surface area contributed by atoms with Gasteiger partial charge in [0.05, 0.1) is 6.04 Å². The zero-order valence-corrected chi connectivity index (χ0v) is 27.3. The predicted molar refractivity (Wildman–Crippen MR) is 180 cm³/mol. The van der Waals surface area contributed by atoms with Crippen molar-refractivity contribution in [1.29, 1.82) is 0 Å². The largest absolute Gasteiger partial charge is 0.344 e. The van der Waals surface area contributed by atoms with Crippen LogP contribution in [0.1, 0.15) is 105 Å². The second-order valence-electron chi connectivity index (χ2n) is 13.6. The molecule has 1 aliphatic heterocycles. The van der Waals surface area contributed by atoms with Gasteiger partial charge in [0.1, 0.15) is 5.69 Å². The average Bonchev–Trinajstić information content (AvgIpc) is 3.84. The quantitative estimate of drug-likeness (QED) is 0.296. The van der Waals surface area contributed by atoms with Gasteiger partial charge in [-0.05, 0) is 86.6 Å². The number of carbonyl (C=O) groups is 2. The number of carbonyl (C=O) groups excluding carboxylic acids is 2. The Morgan fingerprint density at radius 2 is 1.56 bits per heavy atom. The lowest BCUT2D eigenvalue weighted by atomic mass is 9.79. The molecular weight excluding hydrogens is 558 g/mol. The van der Waals surface area contributed by atoms with Crippen molar-refractivity contribution in [1.82, 2.24) is 20.2 Å². The Hall–Kier alpha value is -4.00. The summed E-state index contributed by atoms with van der Waals surface area (Å²) in [7, 11) is 0. The van der Waals surface area contributed by atoms with Crippen LogP contribution in [0.4, 0.5) is 5.95 Å². The van der Waals surface area contributed by atoms with E-state index in [4.69, 9.17) is 0 Å². The van der Waals surface area contributed by atoms with Crippen LogP contribution < -0.4 is 10.2 Å². The minimum absolute atomic E-state index is 0.151. The Morgan fingerprint density at radius 1 is 0.933 bits per heavy atom. The number of nitrogens with zero attached hydrogens (tertiary/aromatic N) is 4. The first-order valence-electron chi connectivity index (χ1n) is 16.8. The Bertz CT molecular complexity index is 1540. The summed E-state index contributed by atoms with van der Waals surface area (Å²) in [5.74, 6) is 1.41. The number of aryl methyl sites for hydroxylation is 1. The molecular formula is C38H47N5O2. The van der Waals surface area contributed by atoms with Crippen molar-refractivity contribution in [2.75, 3.05) is 31.1 Å². The predicted octanol–water partition coefficient (Wildman–Crippen LogP) is 7.13. The molecule has 3 aromatic rings. The third kappa shape index (κ3) is 6.98. The van der Waals surface area contributed by atoms with Crippen molar-refractivity contribution >= 4 is 23.3 Å². The van der Waals surface area contributed by atoms with Crippen LogP contribution in [0.15, 0.2) is 66.4 Å². The Morgan fingerprint density at radius 3 is 2.16 bits per heavy atom. The molecule has 1 aromatic heterocycles. The molecule has 3 fully saturated rings. The second kappa shape index (κ2) is 13.2. The highest BCUT2D eigenvalue weighted by atomic mass is 16.2. The maximum absolute atomic E-state index is 13.3. The molecule has 2 aromatic carbocycles. The van der Waals surface area contributed by atoms with Crippen LogP contribution in [0.5, 0.6) is 0 Å². The highest BCUT2D eigenvalue weighted by Gasteiger charge is 2.47. The van der Waals surface area contributed by atoms with Crippen molar-refractivity contribution < 1.29 is 9.59 Å². The van der Waals surface area contributed by atoms with Crippen LogP contribution in [0.3, 0.4) is 0 Å². The minimum Gasteiger partial charge on any atom is -0.344 e. The van der Waals surface area contributed by atoms with E-state index < -0.39 is 0 Å². The topological polar surface area (TPSA) is 78.4 Å². The van der Waals surface area contributed by atoms with Crippen LogP contribution in [-0.2, 0) is 4.79 Å². The van der Waals surface area contributed by atoms with E-state index in [0.717, 1.165) is 37.2 Å². The lowest BCUT2D eigenvalue weighted by Crippen LogP contribution is -2.51. The van der Waals surface area contributed by atoms with Gasteiger partial charge in [-0.2, -0.15) is 0 Å². The van der Waals surface area contributed by atoms with E-state index in [1.807, 2.05) is 11.8 Å². The van der Waals surface area contributed by atoms with E-state index in [9.17, 15) is 9.59 Å². The SMILES string of the molecule is CCC1CCC(=C(c2ccc(C)cc2)c2ccc([C@@H](C)NC(=O)c3ccnc(N4CCN(C(=O)C5(C)CC5)CC4)n3)cc2)CC1. The zero-order chi connectivity index (χ0) is 31.6. The molecule has 0 radical (unpaired) electrons. The number of hydrogen-bond donors (Lipinski definition) is 1. The van der Waals surface area contributed by atoms with E-state index in [1.54, 1.807) is 17.8 Å². The molecule has 1 atom stereocenters. The van der Waals surface area contributed by atoms with E-state index in [-0.39, 0.29) is 23.3 Å². The fourth-order valence-electron chi connectivity index (χ4n) is 6.79. The first-order valence-corrected chi connectivity index (χ1v) is 16.8. The lowest BCUT2D eigenvalue weighted by Gasteiger charge is -2.36. The van der Waals surface area contributed by atoms with Crippen molar-refractivity contribution in [3.63, 3.8) is 0 Å². The highest BCUT2D eigenvalue weighted by molar-refractivity contribution is 5.92. The van der Waals surface area contributed by atoms with E-state index in [1.165, 1.54) is 41.5 Å². The maximum atomic E-state index is 13.3. The molecule has 2 saturated carbocycles. The van der Waals surface area contributed by atoms with Crippen molar-refractivity contribution in [2.45, 2.75) is 78.7 Å². The fraction of sp³-hybridized carbons (Fsp3) is 0.474. The summed E-state index contributed by atoms with van der Waals surface area (Å²) in [6.45, 7) is 11.1. The lowest BCUT2D eigenvalue weighted by molar-refractivity contribution is -0.136. The number of nitrogens with one attached hydrogen (secondary N) is 1. The highest BCUT2D eigenvalue weighted by Crippen LogP contribution is 2.46. The number of aromatic nitrogens is 2. The molecule has 3 aliphatic rings. The third-order valence-corrected chi connectivity index (χ3v) is 10.3. The number of amides is 2. The number of rotatable bonds is 8. The van der Waals surface area contributed by atoms with Gasteiger partial charge in [0.2, 0.25) is 11.9 Å². The Labute approximate surface area is 268 Å². The van der Waals surface area contributed by atoms with Gasteiger partial charge in [0.25, 0.3) is 5.91 Å². The van der Waals surface area contributed by atoms with Gasteiger partial charge < -0.3 is 15.1 Å². The van der Waals surface area contributed by atoms with Gasteiger partial charge in [-0.15, -0.1) is 0 Å². The second-order valence-corrected chi connectivity index (χ2v) is 13.6. The molecule has 1 N–H and O–H groups in total. The smallest absolute Gasteiger partial charge is 0.270 e. The summed E-state index contributed by atoms with van der Waals surface area (Å²) >= 11 is 0. The molecule has 0 bridgehead atoms. The van der Waals surface area contributed by atoms with Gasteiger partial charge in [-0.1, -0.05) is 79.9 Å². The molecule has 236 valence electrons. The van der Waals surface area contributed by atoms with Crippen molar-refractivity contribution in [2.24, 2.45) is 11.3 Å². The summed E-state index contributed by atoms with van der Waals surface area (Å²) < 4.78 is 0. The summed E-state index contributed by atoms with van der Waals surface area (Å²) in [6.07, 6.45) is 9.73. The van der Waals surface area contributed by atoms with Gasteiger partial charge in [-0.3, -0.25) is 9.59 Å². The third-order valence-electron chi connectivity index (χ3n) is 10.3. The number of benzene rings is 2.